The standard InChI is InChI=1S/C23H24N2O3.CH3.K/c1-3-17-8-10-18(11-9-17)6-4-5-7-19-12-14-20(15-13-19)23(28)25-21(16(2)26)22(24)27;;/h4,6,8-16,21,26H,3H2,1-2H3,(H2,24,27)(H,25,28);1H3;/q;-1;+1/b6-4+;;. The summed E-state index contributed by atoms with van der Waals surface area (Å²) in [4.78, 5) is 23.4. The van der Waals surface area contributed by atoms with E-state index in [9.17, 15) is 14.7 Å². The van der Waals surface area contributed by atoms with Gasteiger partial charge in [-0.2, -0.15) is 0 Å². The number of hydrogen-bond donors (Lipinski definition) is 3. The van der Waals surface area contributed by atoms with E-state index in [0.717, 1.165) is 17.5 Å². The number of allylic oxidation sites excluding steroid dienone is 1. The summed E-state index contributed by atoms with van der Waals surface area (Å²) in [5.41, 5.74) is 8.66. The molecule has 0 heterocycles. The first kappa shape index (κ1) is 28.3. The Labute approximate surface area is 221 Å². The molecular formula is C24H27KN2O3. The number of primary amides is 1. The molecule has 0 aromatic heterocycles. The van der Waals surface area contributed by atoms with Gasteiger partial charge in [0, 0.05) is 11.1 Å². The molecule has 0 aliphatic rings. The van der Waals surface area contributed by atoms with Crippen LogP contribution >= 0.6 is 0 Å². The average molecular weight is 431 g/mol. The van der Waals surface area contributed by atoms with Crippen molar-refractivity contribution in [3.05, 3.63) is 84.3 Å². The van der Waals surface area contributed by atoms with Gasteiger partial charge in [0.1, 0.15) is 6.04 Å². The summed E-state index contributed by atoms with van der Waals surface area (Å²) in [7, 11) is 0. The number of aliphatic hydroxyl groups is 1. The Morgan fingerprint density at radius 1 is 1.13 bits per heavy atom. The van der Waals surface area contributed by atoms with Crippen molar-refractivity contribution in [2.45, 2.75) is 32.4 Å². The molecule has 0 spiro atoms. The topological polar surface area (TPSA) is 92.4 Å². The van der Waals surface area contributed by atoms with Gasteiger partial charge in [-0.05, 0) is 60.9 Å². The van der Waals surface area contributed by atoms with Crippen molar-refractivity contribution in [3.8, 4) is 11.8 Å². The number of benzene rings is 2. The Hall–Kier alpha value is -1.72. The molecule has 0 bridgehead atoms. The third-order valence-electron chi connectivity index (χ3n) is 4.19. The molecule has 2 amide bonds. The van der Waals surface area contributed by atoms with Crippen LogP contribution in [0, 0.1) is 19.3 Å². The molecule has 30 heavy (non-hydrogen) atoms. The Morgan fingerprint density at radius 3 is 2.23 bits per heavy atom. The van der Waals surface area contributed by atoms with Crippen LogP contribution < -0.4 is 62.4 Å². The largest absolute Gasteiger partial charge is 1.00 e. The zero-order chi connectivity index (χ0) is 20.5. The second-order valence-electron chi connectivity index (χ2n) is 6.37. The molecule has 0 saturated heterocycles. The van der Waals surface area contributed by atoms with Gasteiger partial charge in [0.15, 0.2) is 0 Å². The zero-order valence-corrected chi connectivity index (χ0v) is 21.1. The Bertz CT molecular complexity index is 908. The van der Waals surface area contributed by atoms with E-state index >= 15 is 0 Å². The summed E-state index contributed by atoms with van der Waals surface area (Å²) in [6.07, 6.45) is 3.66. The van der Waals surface area contributed by atoms with Crippen molar-refractivity contribution < 1.29 is 66.1 Å². The van der Waals surface area contributed by atoms with Crippen LogP contribution in [-0.4, -0.2) is 29.1 Å². The molecule has 0 fully saturated rings. The van der Waals surface area contributed by atoms with Crippen molar-refractivity contribution in [1.29, 1.82) is 0 Å². The Balaban J connectivity index is 0.00000420. The van der Waals surface area contributed by atoms with Crippen molar-refractivity contribution in [2.24, 2.45) is 5.73 Å². The summed E-state index contributed by atoms with van der Waals surface area (Å²) in [6.45, 7) is 3.51. The van der Waals surface area contributed by atoms with Crippen LogP contribution in [0.4, 0.5) is 0 Å². The van der Waals surface area contributed by atoms with Crippen molar-refractivity contribution in [1.82, 2.24) is 5.32 Å². The molecule has 2 rings (SSSR count). The summed E-state index contributed by atoms with van der Waals surface area (Å²) >= 11 is 0. The van der Waals surface area contributed by atoms with Crippen LogP contribution in [0.25, 0.3) is 6.08 Å². The monoisotopic (exact) mass is 430 g/mol. The smallest absolute Gasteiger partial charge is 0.391 e. The van der Waals surface area contributed by atoms with Crippen molar-refractivity contribution in [2.75, 3.05) is 0 Å². The normalized spacial score (nSPS) is 11.8. The first-order valence-electron chi connectivity index (χ1n) is 9.06. The third kappa shape index (κ3) is 8.96. The number of nitrogens with two attached hydrogens (primary N) is 1. The summed E-state index contributed by atoms with van der Waals surface area (Å²) in [5.74, 6) is 4.69. The fraction of sp³-hybridized carbons (Fsp3) is 0.208. The second kappa shape index (κ2) is 14.3. The predicted molar refractivity (Wildman–Crippen MR) is 117 cm³/mol. The first-order valence-corrected chi connectivity index (χ1v) is 9.06. The number of carbonyl (C=O) groups excluding carboxylic acids is 2. The molecule has 2 aromatic carbocycles. The number of aryl methyl sites for hydroxylation is 1. The van der Waals surface area contributed by atoms with Gasteiger partial charge in [0.25, 0.3) is 5.91 Å². The van der Waals surface area contributed by atoms with Crippen LogP contribution in [0.3, 0.4) is 0 Å². The zero-order valence-electron chi connectivity index (χ0n) is 18.0. The van der Waals surface area contributed by atoms with E-state index < -0.39 is 24.0 Å². The molecular weight excluding hydrogens is 403 g/mol. The number of amides is 2. The van der Waals surface area contributed by atoms with Gasteiger partial charge in [-0.3, -0.25) is 9.59 Å². The Kier molecular flexibility index (Phi) is 13.5. The van der Waals surface area contributed by atoms with Gasteiger partial charge < -0.3 is 23.6 Å². The van der Waals surface area contributed by atoms with E-state index in [1.165, 1.54) is 12.5 Å². The Morgan fingerprint density at radius 2 is 1.73 bits per heavy atom. The molecule has 2 aromatic rings. The second-order valence-corrected chi connectivity index (χ2v) is 6.37. The van der Waals surface area contributed by atoms with E-state index in [2.05, 4.69) is 48.3 Å². The van der Waals surface area contributed by atoms with Crippen molar-refractivity contribution >= 4 is 17.9 Å². The van der Waals surface area contributed by atoms with Crippen molar-refractivity contribution in [3.63, 3.8) is 0 Å². The molecule has 2 unspecified atom stereocenters. The number of aliphatic hydroxyl groups excluding tert-OH is 1. The van der Waals surface area contributed by atoms with E-state index in [1.54, 1.807) is 30.3 Å². The van der Waals surface area contributed by atoms with Crippen LogP contribution in [0.2, 0.25) is 0 Å². The minimum atomic E-state index is -1.14. The minimum Gasteiger partial charge on any atom is -0.391 e. The molecule has 4 N–H and O–H groups in total. The molecule has 5 nitrogen and oxygen atoms in total. The van der Waals surface area contributed by atoms with Crippen LogP contribution in [0.1, 0.15) is 40.9 Å². The molecule has 152 valence electrons. The molecule has 0 aliphatic carbocycles. The summed E-state index contributed by atoms with van der Waals surface area (Å²) in [5, 5.41) is 11.9. The SMILES string of the molecule is CCc1ccc(/C=C/C#Cc2ccc(C(=O)NC(C(N)=O)C(C)O)cc2)cc1.[CH3-].[K+]. The number of nitrogens with one attached hydrogen (secondary N) is 1. The van der Waals surface area contributed by atoms with E-state index in [4.69, 9.17) is 5.73 Å². The number of rotatable bonds is 6. The van der Waals surface area contributed by atoms with Gasteiger partial charge in [0.05, 0.1) is 6.10 Å². The predicted octanol–water partition coefficient (Wildman–Crippen LogP) is -0.267. The van der Waals surface area contributed by atoms with E-state index in [1.807, 2.05) is 6.08 Å². The molecule has 0 radical (unpaired) electrons. The molecule has 0 saturated carbocycles. The first-order chi connectivity index (χ1) is 13.4. The maximum Gasteiger partial charge on any atom is 1.00 e. The maximum absolute atomic E-state index is 12.2. The average Bonchev–Trinajstić information content (AvgIpc) is 2.69. The van der Waals surface area contributed by atoms with Gasteiger partial charge in [-0.1, -0.05) is 43.0 Å². The summed E-state index contributed by atoms with van der Waals surface area (Å²) < 4.78 is 0. The minimum absolute atomic E-state index is 0. The molecule has 2 atom stereocenters. The maximum atomic E-state index is 12.2. The quantitative estimate of drug-likeness (QED) is 0.335. The third-order valence-corrected chi connectivity index (χ3v) is 4.19. The van der Waals surface area contributed by atoms with Gasteiger partial charge >= 0.3 is 51.4 Å². The van der Waals surface area contributed by atoms with Crippen LogP contribution in [-0.2, 0) is 11.2 Å². The van der Waals surface area contributed by atoms with Gasteiger partial charge in [0.2, 0.25) is 5.91 Å². The molecule has 6 heteroatoms. The number of carbonyl (C=O) groups is 2. The molecule has 0 aliphatic heterocycles. The summed E-state index contributed by atoms with van der Waals surface area (Å²) in [6, 6.07) is 13.8. The fourth-order valence-electron chi connectivity index (χ4n) is 2.49. The van der Waals surface area contributed by atoms with E-state index in [-0.39, 0.29) is 58.8 Å². The number of hydrogen-bond acceptors (Lipinski definition) is 3. The van der Waals surface area contributed by atoms with Gasteiger partial charge in [-0.15, -0.1) is 0 Å². The fourth-order valence-corrected chi connectivity index (χ4v) is 2.49. The van der Waals surface area contributed by atoms with Gasteiger partial charge in [-0.25, -0.2) is 0 Å². The van der Waals surface area contributed by atoms with E-state index in [0.29, 0.717) is 5.56 Å². The van der Waals surface area contributed by atoms with Crippen LogP contribution in [0.15, 0.2) is 54.6 Å². The van der Waals surface area contributed by atoms with Crippen LogP contribution in [0.5, 0.6) is 0 Å².